The number of carbonyl (C=O) groups is 1. The minimum absolute atomic E-state index is 0.162. The van der Waals surface area contributed by atoms with Crippen LogP contribution >= 0.6 is 0 Å². The van der Waals surface area contributed by atoms with Crippen LogP contribution in [0, 0.1) is 0 Å². The Morgan fingerprint density at radius 3 is 2.19 bits per heavy atom. The number of hydrogen-bond donors (Lipinski definition) is 0. The van der Waals surface area contributed by atoms with Crippen molar-refractivity contribution >= 4 is 27.7 Å². The van der Waals surface area contributed by atoms with Gasteiger partial charge in [0.1, 0.15) is 6.54 Å². The Hall–Kier alpha value is -3.07. The molecule has 0 bridgehead atoms. The molecule has 1 aromatic heterocycles. The number of para-hydroxylation sites is 1. The van der Waals surface area contributed by atoms with Gasteiger partial charge in [-0.2, -0.15) is 0 Å². The van der Waals surface area contributed by atoms with E-state index in [0.717, 1.165) is 24.1 Å². The van der Waals surface area contributed by atoms with Gasteiger partial charge in [0, 0.05) is 34.9 Å². The first-order chi connectivity index (χ1) is 13.2. The molecule has 136 valence electrons. The molecule has 0 unspecified atom stereocenters. The normalized spacial score (nSPS) is 11.2. The number of rotatable bonds is 5. The van der Waals surface area contributed by atoms with Crippen molar-refractivity contribution in [2.24, 2.45) is 0 Å². The van der Waals surface area contributed by atoms with Gasteiger partial charge in [-0.1, -0.05) is 54.6 Å². The SMILES string of the molecule is CCN(CC)C(=O)Cn1c2ccccc2c2cc(-c3ccccc3)ccc21. The molecule has 0 radical (unpaired) electrons. The Bertz CT molecular complexity index is 1090. The van der Waals surface area contributed by atoms with Crippen LogP contribution in [0.3, 0.4) is 0 Å². The van der Waals surface area contributed by atoms with Crippen molar-refractivity contribution in [2.45, 2.75) is 20.4 Å². The predicted octanol–water partition coefficient (Wildman–Crippen LogP) is 5.33. The van der Waals surface area contributed by atoms with Crippen molar-refractivity contribution in [2.75, 3.05) is 13.1 Å². The molecule has 4 aromatic rings. The van der Waals surface area contributed by atoms with Gasteiger partial charge in [0.05, 0.1) is 0 Å². The first-order valence-electron chi connectivity index (χ1n) is 9.57. The lowest BCUT2D eigenvalue weighted by Gasteiger charge is -2.19. The molecule has 0 fully saturated rings. The van der Waals surface area contributed by atoms with Crippen molar-refractivity contribution in [1.82, 2.24) is 9.47 Å². The molecule has 3 heteroatoms. The van der Waals surface area contributed by atoms with E-state index in [0.29, 0.717) is 6.54 Å². The number of carbonyl (C=O) groups excluding carboxylic acids is 1. The molecule has 0 N–H and O–H groups in total. The zero-order valence-corrected chi connectivity index (χ0v) is 15.9. The van der Waals surface area contributed by atoms with Crippen LogP contribution in [0.15, 0.2) is 72.8 Å². The van der Waals surface area contributed by atoms with Gasteiger partial charge in [-0.15, -0.1) is 0 Å². The number of nitrogens with zero attached hydrogens (tertiary/aromatic N) is 2. The maximum Gasteiger partial charge on any atom is 0.242 e. The second-order valence-corrected chi connectivity index (χ2v) is 6.77. The molecule has 4 rings (SSSR count). The Morgan fingerprint density at radius 2 is 1.44 bits per heavy atom. The van der Waals surface area contributed by atoms with Crippen molar-refractivity contribution in [3.63, 3.8) is 0 Å². The van der Waals surface area contributed by atoms with Gasteiger partial charge < -0.3 is 9.47 Å². The number of fused-ring (bicyclic) bond motifs is 3. The van der Waals surface area contributed by atoms with E-state index in [9.17, 15) is 4.79 Å². The highest BCUT2D eigenvalue weighted by Gasteiger charge is 2.16. The van der Waals surface area contributed by atoms with E-state index < -0.39 is 0 Å². The highest BCUT2D eigenvalue weighted by molar-refractivity contribution is 6.09. The number of amides is 1. The Balaban J connectivity index is 1.87. The van der Waals surface area contributed by atoms with E-state index in [1.165, 1.54) is 21.9 Å². The summed E-state index contributed by atoms with van der Waals surface area (Å²) in [6.07, 6.45) is 0. The zero-order valence-electron chi connectivity index (χ0n) is 15.9. The maximum atomic E-state index is 12.8. The molecule has 1 heterocycles. The van der Waals surface area contributed by atoms with E-state index in [2.05, 4.69) is 65.2 Å². The zero-order chi connectivity index (χ0) is 18.8. The summed E-state index contributed by atoms with van der Waals surface area (Å²) in [6, 6.07) is 25.3. The van der Waals surface area contributed by atoms with Crippen molar-refractivity contribution < 1.29 is 4.79 Å². The van der Waals surface area contributed by atoms with Gasteiger partial charge >= 0.3 is 0 Å². The number of likely N-dealkylation sites (N-methyl/N-ethyl adjacent to an activating group) is 1. The Kier molecular flexibility index (Phi) is 4.68. The van der Waals surface area contributed by atoms with Crippen LogP contribution in [-0.2, 0) is 11.3 Å². The fraction of sp³-hybridized carbons (Fsp3) is 0.208. The van der Waals surface area contributed by atoms with Crippen LogP contribution in [0.25, 0.3) is 32.9 Å². The average Bonchev–Trinajstić information content (AvgIpc) is 3.03. The van der Waals surface area contributed by atoms with Gasteiger partial charge in [0.2, 0.25) is 5.91 Å². The van der Waals surface area contributed by atoms with Gasteiger partial charge in [-0.25, -0.2) is 0 Å². The van der Waals surface area contributed by atoms with Crippen LogP contribution in [0.5, 0.6) is 0 Å². The third-order valence-electron chi connectivity index (χ3n) is 5.29. The molecule has 0 aliphatic rings. The lowest BCUT2D eigenvalue weighted by molar-refractivity contribution is -0.131. The molecule has 0 saturated carbocycles. The summed E-state index contributed by atoms with van der Waals surface area (Å²) in [5.74, 6) is 0.162. The minimum Gasteiger partial charge on any atom is -0.342 e. The number of hydrogen-bond acceptors (Lipinski definition) is 1. The van der Waals surface area contributed by atoms with Crippen LogP contribution in [0.2, 0.25) is 0 Å². The molecule has 0 saturated heterocycles. The fourth-order valence-corrected chi connectivity index (χ4v) is 3.85. The van der Waals surface area contributed by atoms with Crippen molar-refractivity contribution in [1.29, 1.82) is 0 Å². The maximum absolute atomic E-state index is 12.8. The summed E-state index contributed by atoms with van der Waals surface area (Å²) in [6.45, 7) is 5.91. The van der Waals surface area contributed by atoms with Gasteiger partial charge in [0.25, 0.3) is 0 Å². The monoisotopic (exact) mass is 356 g/mol. The molecule has 0 atom stereocenters. The molecular formula is C24H24N2O. The molecule has 1 amide bonds. The first kappa shape index (κ1) is 17.3. The summed E-state index contributed by atoms with van der Waals surface area (Å²) in [5, 5.41) is 2.39. The lowest BCUT2D eigenvalue weighted by atomic mass is 10.0. The van der Waals surface area contributed by atoms with E-state index >= 15 is 0 Å². The minimum atomic E-state index is 0.162. The molecular weight excluding hydrogens is 332 g/mol. The molecule has 3 aromatic carbocycles. The topological polar surface area (TPSA) is 25.2 Å². The van der Waals surface area contributed by atoms with E-state index in [-0.39, 0.29) is 5.91 Å². The largest absolute Gasteiger partial charge is 0.342 e. The average molecular weight is 356 g/mol. The molecule has 27 heavy (non-hydrogen) atoms. The highest BCUT2D eigenvalue weighted by Crippen LogP contribution is 2.32. The first-order valence-corrected chi connectivity index (χ1v) is 9.57. The van der Waals surface area contributed by atoms with Crippen molar-refractivity contribution in [3.05, 3.63) is 72.8 Å². The number of aromatic nitrogens is 1. The van der Waals surface area contributed by atoms with Gasteiger partial charge in [-0.3, -0.25) is 4.79 Å². The van der Waals surface area contributed by atoms with Gasteiger partial charge in [-0.05, 0) is 43.2 Å². The van der Waals surface area contributed by atoms with E-state index in [4.69, 9.17) is 0 Å². The summed E-state index contributed by atoms with van der Waals surface area (Å²) in [4.78, 5) is 14.6. The highest BCUT2D eigenvalue weighted by atomic mass is 16.2. The Labute approximate surface area is 159 Å². The molecule has 0 aliphatic carbocycles. The van der Waals surface area contributed by atoms with Crippen LogP contribution in [-0.4, -0.2) is 28.5 Å². The molecule has 0 aliphatic heterocycles. The second kappa shape index (κ2) is 7.28. The van der Waals surface area contributed by atoms with Crippen LogP contribution in [0.4, 0.5) is 0 Å². The third-order valence-corrected chi connectivity index (χ3v) is 5.29. The summed E-state index contributed by atoms with van der Waals surface area (Å²) >= 11 is 0. The third kappa shape index (κ3) is 3.10. The van der Waals surface area contributed by atoms with Crippen molar-refractivity contribution in [3.8, 4) is 11.1 Å². The predicted molar refractivity (Wildman–Crippen MR) is 113 cm³/mol. The van der Waals surface area contributed by atoms with Crippen LogP contribution in [0.1, 0.15) is 13.8 Å². The molecule has 3 nitrogen and oxygen atoms in total. The lowest BCUT2D eigenvalue weighted by Crippen LogP contribution is -2.33. The second-order valence-electron chi connectivity index (χ2n) is 6.77. The van der Waals surface area contributed by atoms with Gasteiger partial charge in [0.15, 0.2) is 0 Å². The quantitative estimate of drug-likeness (QED) is 0.474. The number of benzene rings is 3. The fourth-order valence-electron chi connectivity index (χ4n) is 3.85. The van der Waals surface area contributed by atoms with Crippen LogP contribution < -0.4 is 0 Å². The summed E-state index contributed by atoms with van der Waals surface area (Å²) in [7, 11) is 0. The summed E-state index contributed by atoms with van der Waals surface area (Å²) in [5.41, 5.74) is 4.62. The smallest absolute Gasteiger partial charge is 0.242 e. The Morgan fingerprint density at radius 1 is 0.778 bits per heavy atom. The van der Waals surface area contributed by atoms with E-state index in [1.807, 2.05) is 30.9 Å². The standard InChI is InChI=1S/C24H24N2O/c1-3-25(4-2)24(27)17-26-22-13-9-8-12-20(22)21-16-19(14-15-23(21)26)18-10-6-5-7-11-18/h5-16H,3-4,17H2,1-2H3. The summed E-state index contributed by atoms with van der Waals surface area (Å²) < 4.78 is 2.15. The molecule has 0 spiro atoms. The van der Waals surface area contributed by atoms with E-state index in [1.54, 1.807) is 0 Å².